The number of fused-ring (bicyclic) bond motifs is 1. The molecule has 34 heavy (non-hydrogen) atoms. The lowest BCUT2D eigenvalue weighted by atomic mass is 9.88. The van der Waals surface area contributed by atoms with E-state index in [4.69, 9.17) is 9.47 Å². The Morgan fingerprint density at radius 1 is 0.882 bits per heavy atom. The lowest BCUT2D eigenvalue weighted by molar-refractivity contribution is -0.148. The standard InChI is InChI=1S/C25H25N3O6/c1-25(2)17(23(31)33-3)20(24(32)34-4)27-22(30)18(26-21(29)16-13-9-6-10-14-16)19(28(25)27)15-11-7-5-8-12-15/h5-14,18-19H,1-4H3,(H,26,29)/t18-,19-/m0/s1. The molecule has 2 atom stereocenters. The highest BCUT2D eigenvalue weighted by Gasteiger charge is 2.63. The van der Waals surface area contributed by atoms with Crippen molar-refractivity contribution in [1.29, 1.82) is 0 Å². The number of methoxy groups -OCH3 is 2. The second-order valence-corrected chi connectivity index (χ2v) is 8.43. The molecule has 2 aliphatic rings. The van der Waals surface area contributed by atoms with Crippen molar-refractivity contribution in [2.75, 3.05) is 14.2 Å². The number of hydrogen-bond donors (Lipinski definition) is 1. The van der Waals surface area contributed by atoms with Gasteiger partial charge in [0.15, 0.2) is 5.70 Å². The van der Waals surface area contributed by atoms with E-state index in [0.717, 1.165) is 10.6 Å². The van der Waals surface area contributed by atoms with Gasteiger partial charge in [-0.1, -0.05) is 48.5 Å². The summed E-state index contributed by atoms with van der Waals surface area (Å²) in [5, 5.41) is 5.62. The largest absolute Gasteiger partial charge is 0.466 e. The van der Waals surface area contributed by atoms with E-state index < -0.39 is 41.4 Å². The van der Waals surface area contributed by atoms with Gasteiger partial charge in [0.05, 0.1) is 31.4 Å². The van der Waals surface area contributed by atoms with Gasteiger partial charge in [-0.25, -0.2) is 14.6 Å². The molecule has 1 N–H and O–H groups in total. The Kier molecular flexibility index (Phi) is 5.97. The number of amides is 2. The van der Waals surface area contributed by atoms with E-state index in [1.165, 1.54) is 14.2 Å². The van der Waals surface area contributed by atoms with Crippen LogP contribution in [-0.4, -0.2) is 59.6 Å². The zero-order chi connectivity index (χ0) is 24.6. The van der Waals surface area contributed by atoms with Crippen LogP contribution < -0.4 is 5.32 Å². The van der Waals surface area contributed by atoms with Crippen LogP contribution in [0.1, 0.15) is 35.8 Å². The molecule has 0 saturated carbocycles. The molecule has 9 nitrogen and oxygen atoms in total. The molecule has 9 heteroatoms. The van der Waals surface area contributed by atoms with Gasteiger partial charge >= 0.3 is 11.9 Å². The molecule has 1 fully saturated rings. The van der Waals surface area contributed by atoms with Gasteiger partial charge in [-0.05, 0) is 31.5 Å². The number of carbonyl (C=O) groups excluding carboxylic acids is 4. The number of hydrazine groups is 1. The summed E-state index contributed by atoms with van der Waals surface area (Å²) in [6.45, 7) is 3.43. The van der Waals surface area contributed by atoms with Gasteiger partial charge in [0.25, 0.3) is 11.8 Å². The van der Waals surface area contributed by atoms with Crippen molar-refractivity contribution in [3.8, 4) is 0 Å². The van der Waals surface area contributed by atoms with Crippen LogP contribution in [-0.2, 0) is 23.9 Å². The highest BCUT2D eigenvalue weighted by Crippen LogP contribution is 2.49. The third kappa shape index (κ3) is 3.54. The number of carbonyl (C=O) groups is 4. The average Bonchev–Trinajstić information content (AvgIpc) is 3.27. The lowest BCUT2D eigenvalue weighted by Crippen LogP contribution is -2.49. The smallest absolute Gasteiger partial charge is 0.356 e. The molecule has 2 aromatic carbocycles. The number of ether oxygens (including phenoxy) is 2. The molecule has 0 unspecified atom stereocenters. The molecule has 0 aromatic heterocycles. The monoisotopic (exact) mass is 463 g/mol. The first-order valence-electron chi connectivity index (χ1n) is 10.7. The van der Waals surface area contributed by atoms with Crippen molar-refractivity contribution < 1.29 is 28.7 Å². The Hall–Kier alpha value is -3.98. The summed E-state index contributed by atoms with van der Waals surface area (Å²) in [6, 6.07) is 15.9. The SMILES string of the molecule is COC(=O)C1=C(C(=O)OC)C(C)(C)N2[C@@H](c3ccccc3)[C@H](NC(=O)c3ccccc3)C(=O)N12. The minimum absolute atomic E-state index is 0.00367. The van der Waals surface area contributed by atoms with Gasteiger partial charge in [-0.3, -0.25) is 9.59 Å². The molecule has 0 spiro atoms. The highest BCUT2D eigenvalue weighted by molar-refractivity contribution is 6.07. The third-order valence-corrected chi connectivity index (χ3v) is 6.13. The molecule has 2 heterocycles. The third-order valence-electron chi connectivity index (χ3n) is 6.13. The van der Waals surface area contributed by atoms with E-state index in [0.29, 0.717) is 5.56 Å². The Morgan fingerprint density at radius 2 is 1.44 bits per heavy atom. The fourth-order valence-electron chi connectivity index (χ4n) is 4.64. The zero-order valence-corrected chi connectivity index (χ0v) is 19.3. The van der Waals surface area contributed by atoms with Crippen molar-refractivity contribution in [2.24, 2.45) is 0 Å². The van der Waals surface area contributed by atoms with E-state index in [9.17, 15) is 19.2 Å². The molecule has 0 radical (unpaired) electrons. The molecule has 0 bridgehead atoms. The normalized spacial score (nSPS) is 21.3. The first-order chi connectivity index (χ1) is 16.2. The van der Waals surface area contributed by atoms with E-state index in [1.807, 2.05) is 30.3 Å². The second kappa shape index (κ2) is 8.75. The maximum atomic E-state index is 13.8. The van der Waals surface area contributed by atoms with Crippen LogP contribution >= 0.6 is 0 Å². The van der Waals surface area contributed by atoms with Gasteiger partial charge in [0.2, 0.25) is 0 Å². The topological polar surface area (TPSA) is 105 Å². The summed E-state index contributed by atoms with van der Waals surface area (Å²) >= 11 is 0. The van der Waals surface area contributed by atoms with Crippen molar-refractivity contribution in [1.82, 2.24) is 15.3 Å². The van der Waals surface area contributed by atoms with Crippen LogP contribution in [0, 0.1) is 0 Å². The Labute approximate surface area is 196 Å². The minimum Gasteiger partial charge on any atom is -0.466 e. The maximum Gasteiger partial charge on any atom is 0.356 e. The molecule has 2 aromatic rings. The van der Waals surface area contributed by atoms with Crippen molar-refractivity contribution >= 4 is 23.8 Å². The predicted octanol–water partition coefficient (Wildman–Crippen LogP) is 1.98. The molecular formula is C25H25N3O6. The molecule has 4 rings (SSSR count). The number of benzene rings is 2. The number of rotatable bonds is 5. The lowest BCUT2D eigenvalue weighted by Gasteiger charge is -2.38. The van der Waals surface area contributed by atoms with Gasteiger partial charge in [0, 0.05) is 5.56 Å². The van der Waals surface area contributed by atoms with Gasteiger partial charge < -0.3 is 14.8 Å². The molecular weight excluding hydrogens is 438 g/mol. The number of hydrogen-bond acceptors (Lipinski definition) is 7. The Morgan fingerprint density at radius 3 is 2.00 bits per heavy atom. The van der Waals surface area contributed by atoms with Gasteiger partial charge in [-0.2, -0.15) is 5.01 Å². The average molecular weight is 463 g/mol. The number of nitrogens with zero attached hydrogens (tertiary/aromatic N) is 2. The van der Waals surface area contributed by atoms with Gasteiger partial charge in [0.1, 0.15) is 6.04 Å². The number of esters is 2. The molecule has 1 saturated heterocycles. The van der Waals surface area contributed by atoms with E-state index in [-0.39, 0.29) is 11.3 Å². The summed E-state index contributed by atoms with van der Waals surface area (Å²) in [4.78, 5) is 52.4. The highest BCUT2D eigenvalue weighted by atomic mass is 16.5. The van der Waals surface area contributed by atoms with Crippen molar-refractivity contribution in [2.45, 2.75) is 31.5 Å². The van der Waals surface area contributed by atoms with Crippen LogP contribution in [0.5, 0.6) is 0 Å². The summed E-state index contributed by atoms with van der Waals surface area (Å²) in [5.74, 6) is -2.60. The first-order valence-corrected chi connectivity index (χ1v) is 10.7. The zero-order valence-electron chi connectivity index (χ0n) is 19.3. The second-order valence-electron chi connectivity index (χ2n) is 8.43. The Bertz CT molecular complexity index is 1180. The fourth-order valence-corrected chi connectivity index (χ4v) is 4.64. The van der Waals surface area contributed by atoms with Crippen molar-refractivity contribution in [3.05, 3.63) is 83.1 Å². The quantitative estimate of drug-likeness (QED) is 0.676. The minimum atomic E-state index is -1.14. The molecule has 2 amide bonds. The van der Waals surface area contributed by atoms with Crippen LogP contribution in [0.15, 0.2) is 71.9 Å². The van der Waals surface area contributed by atoms with E-state index in [1.54, 1.807) is 49.2 Å². The first kappa shape index (κ1) is 23.2. The molecule has 0 aliphatic carbocycles. The van der Waals surface area contributed by atoms with Crippen molar-refractivity contribution in [3.63, 3.8) is 0 Å². The van der Waals surface area contributed by atoms with E-state index in [2.05, 4.69) is 5.32 Å². The Balaban J connectivity index is 1.87. The summed E-state index contributed by atoms with van der Waals surface area (Å²) < 4.78 is 9.87. The molecule has 2 aliphatic heterocycles. The van der Waals surface area contributed by atoms with E-state index >= 15 is 0 Å². The summed E-state index contributed by atoms with van der Waals surface area (Å²) in [6.07, 6.45) is 0. The molecule has 176 valence electrons. The van der Waals surface area contributed by atoms with Crippen LogP contribution in [0.25, 0.3) is 0 Å². The summed E-state index contributed by atoms with van der Waals surface area (Å²) in [7, 11) is 2.38. The number of nitrogens with one attached hydrogen (secondary N) is 1. The van der Waals surface area contributed by atoms with Gasteiger partial charge in [-0.15, -0.1) is 0 Å². The fraction of sp³-hybridized carbons (Fsp3) is 0.280. The maximum absolute atomic E-state index is 13.8. The predicted molar refractivity (Wildman–Crippen MR) is 121 cm³/mol. The summed E-state index contributed by atoms with van der Waals surface area (Å²) in [5.41, 5.74) is -0.243. The van der Waals surface area contributed by atoms with Crippen LogP contribution in [0.3, 0.4) is 0 Å². The van der Waals surface area contributed by atoms with Crippen LogP contribution in [0.2, 0.25) is 0 Å². The van der Waals surface area contributed by atoms with Crippen LogP contribution in [0.4, 0.5) is 0 Å².